The summed E-state index contributed by atoms with van der Waals surface area (Å²) in [5.74, 6) is -0.00246. The molecule has 6 nitrogen and oxygen atoms in total. The highest BCUT2D eigenvalue weighted by molar-refractivity contribution is 5.96. The van der Waals surface area contributed by atoms with Gasteiger partial charge in [0.25, 0.3) is 12.3 Å². The van der Waals surface area contributed by atoms with Crippen LogP contribution in [0.3, 0.4) is 0 Å². The number of amides is 2. The van der Waals surface area contributed by atoms with Crippen LogP contribution in [-0.2, 0) is 11.3 Å². The predicted octanol–water partition coefficient (Wildman–Crippen LogP) is 3.23. The van der Waals surface area contributed by atoms with Crippen LogP contribution in [0, 0.1) is 13.8 Å². The summed E-state index contributed by atoms with van der Waals surface area (Å²) in [4.78, 5) is 27.7. The van der Waals surface area contributed by atoms with E-state index in [9.17, 15) is 18.4 Å². The Balaban J connectivity index is 2.07. The van der Waals surface area contributed by atoms with Gasteiger partial charge in [0.1, 0.15) is 18.2 Å². The van der Waals surface area contributed by atoms with Gasteiger partial charge < -0.3 is 15.4 Å². The average Bonchev–Trinajstić information content (AvgIpc) is 2.56. The SMILES string of the molecule is CC(=O)Nc1cc(C(=O)NCc2cc(C)cc(OCC(F)F)c2)cc(C)n1. The van der Waals surface area contributed by atoms with E-state index in [-0.39, 0.29) is 18.4 Å². The molecule has 1 aromatic carbocycles. The van der Waals surface area contributed by atoms with Gasteiger partial charge in [-0.1, -0.05) is 6.07 Å². The molecule has 0 aliphatic rings. The van der Waals surface area contributed by atoms with Crippen molar-refractivity contribution in [2.75, 3.05) is 11.9 Å². The van der Waals surface area contributed by atoms with Gasteiger partial charge >= 0.3 is 0 Å². The molecule has 8 heteroatoms. The maximum Gasteiger partial charge on any atom is 0.272 e. The number of rotatable bonds is 7. The van der Waals surface area contributed by atoms with Gasteiger partial charge in [-0.2, -0.15) is 0 Å². The van der Waals surface area contributed by atoms with Crippen molar-refractivity contribution in [2.45, 2.75) is 33.7 Å². The first kappa shape index (κ1) is 20.3. The number of hydrogen-bond acceptors (Lipinski definition) is 4. The Labute approximate surface area is 155 Å². The first-order chi connectivity index (χ1) is 12.7. The topological polar surface area (TPSA) is 80.3 Å². The van der Waals surface area contributed by atoms with Gasteiger partial charge in [0.15, 0.2) is 0 Å². The van der Waals surface area contributed by atoms with E-state index in [0.29, 0.717) is 22.8 Å². The van der Waals surface area contributed by atoms with E-state index < -0.39 is 13.0 Å². The van der Waals surface area contributed by atoms with E-state index in [2.05, 4.69) is 15.6 Å². The highest BCUT2D eigenvalue weighted by Crippen LogP contribution is 2.18. The van der Waals surface area contributed by atoms with E-state index in [1.54, 1.807) is 25.1 Å². The van der Waals surface area contributed by atoms with Crippen molar-refractivity contribution in [3.63, 3.8) is 0 Å². The zero-order chi connectivity index (χ0) is 20.0. The quantitative estimate of drug-likeness (QED) is 0.776. The van der Waals surface area contributed by atoms with Crippen LogP contribution >= 0.6 is 0 Å². The van der Waals surface area contributed by atoms with Gasteiger partial charge in [0.2, 0.25) is 5.91 Å². The van der Waals surface area contributed by atoms with E-state index in [1.807, 2.05) is 13.0 Å². The average molecular weight is 377 g/mol. The van der Waals surface area contributed by atoms with Gasteiger partial charge in [-0.05, 0) is 49.2 Å². The number of ether oxygens (including phenoxy) is 1. The minimum absolute atomic E-state index is 0.197. The fourth-order valence-corrected chi connectivity index (χ4v) is 2.50. The number of nitrogens with zero attached hydrogens (tertiary/aromatic N) is 1. The molecule has 2 aromatic rings. The van der Waals surface area contributed by atoms with Crippen molar-refractivity contribution in [3.8, 4) is 5.75 Å². The second-order valence-corrected chi connectivity index (χ2v) is 6.10. The molecule has 0 bridgehead atoms. The Morgan fingerprint density at radius 2 is 1.89 bits per heavy atom. The molecule has 0 saturated heterocycles. The molecule has 0 radical (unpaired) electrons. The van der Waals surface area contributed by atoms with Crippen molar-refractivity contribution in [3.05, 3.63) is 52.7 Å². The lowest BCUT2D eigenvalue weighted by Crippen LogP contribution is -2.23. The fraction of sp³-hybridized carbons (Fsp3) is 0.316. The molecule has 27 heavy (non-hydrogen) atoms. The lowest BCUT2D eigenvalue weighted by atomic mass is 10.1. The standard InChI is InChI=1S/C19H21F2N3O3/c1-11-4-14(7-16(5-11)27-10-17(20)21)9-22-19(26)15-6-12(2)23-18(8-15)24-13(3)25/h4-8,17H,9-10H2,1-3H3,(H,22,26)(H,23,24,25). The third-order valence-electron chi connectivity index (χ3n) is 3.46. The van der Waals surface area contributed by atoms with Crippen LogP contribution in [0.1, 0.15) is 34.1 Å². The van der Waals surface area contributed by atoms with Crippen molar-refractivity contribution in [1.29, 1.82) is 0 Å². The number of aromatic nitrogens is 1. The zero-order valence-corrected chi connectivity index (χ0v) is 15.3. The summed E-state index contributed by atoms with van der Waals surface area (Å²) < 4.78 is 29.6. The summed E-state index contributed by atoms with van der Waals surface area (Å²) >= 11 is 0. The van der Waals surface area contributed by atoms with Crippen LogP contribution in [0.5, 0.6) is 5.75 Å². The van der Waals surface area contributed by atoms with Gasteiger partial charge in [-0.15, -0.1) is 0 Å². The number of anilines is 1. The fourth-order valence-electron chi connectivity index (χ4n) is 2.50. The first-order valence-electron chi connectivity index (χ1n) is 8.29. The van der Waals surface area contributed by atoms with Gasteiger partial charge in [0, 0.05) is 24.7 Å². The zero-order valence-electron chi connectivity index (χ0n) is 15.3. The Morgan fingerprint density at radius 1 is 1.15 bits per heavy atom. The number of halogens is 2. The summed E-state index contributed by atoms with van der Waals surface area (Å²) in [6, 6.07) is 8.18. The van der Waals surface area contributed by atoms with Crippen LogP contribution in [0.15, 0.2) is 30.3 Å². The third kappa shape index (κ3) is 6.65. The van der Waals surface area contributed by atoms with E-state index in [1.165, 1.54) is 13.0 Å². The second kappa shape index (κ2) is 9.07. The minimum atomic E-state index is -2.55. The second-order valence-electron chi connectivity index (χ2n) is 6.10. The third-order valence-corrected chi connectivity index (χ3v) is 3.46. The van der Waals surface area contributed by atoms with Crippen LogP contribution in [-0.4, -0.2) is 29.8 Å². The Hall–Kier alpha value is -3.03. The number of carbonyl (C=O) groups is 2. The summed E-state index contributed by atoms with van der Waals surface area (Å²) in [6.07, 6.45) is -2.55. The number of carbonyl (C=O) groups excluding carboxylic acids is 2. The number of aryl methyl sites for hydroxylation is 2. The number of hydrogen-bond donors (Lipinski definition) is 2. The number of benzene rings is 1. The van der Waals surface area contributed by atoms with Gasteiger partial charge in [-0.3, -0.25) is 9.59 Å². The molecule has 0 fully saturated rings. The molecule has 2 rings (SSSR count). The number of alkyl halides is 2. The van der Waals surface area contributed by atoms with E-state index in [0.717, 1.165) is 11.1 Å². The van der Waals surface area contributed by atoms with Crippen molar-refractivity contribution < 1.29 is 23.1 Å². The monoisotopic (exact) mass is 377 g/mol. The molecule has 2 amide bonds. The molecule has 0 spiro atoms. The predicted molar refractivity (Wildman–Crippen MR) is 97.1 cm³/mol. The van der Waals surface area contributed by atoms with Crippen LogP contribution < -0.4 is 15.4 Å². The number of nitrogens with one attached hydrogen (secondary N) is 2. The highest BCUT2D eigenvalue weighted by atomic mass is 19.3. The molecule has 0 atom stereocenters. The number of pyridine rings is 1. The molecule has 0 aliphatic carbocycles. The molecule has 0 unspecified atom stereocenters. The summed E-state index contributed by atoms with van der Waals surface area (Å²) in [5.41, 5.74) is 2.50. The van der Waals surface area contributed by atoms with Crippen molar-refractivity contribution >= 4 is 17.6 Å². The van der Waals surface area contributed by atoms with E-state index >= 15 is 0 Å². The van der Waals surface area contributed by atoms with Crippen LogP contribution in [0.2, 0.25) is 0 Å². The normalized spacial score (nSPS) is 10.6. The molecule has 0 saturated carbocycles. The van der Waals surface area contributed by atoms with E-state index in [4.69, 9.17) is 4.74 Å². The lowest BCUT2D eigenvalue weighted by Gasteiger charge is -2.11. The van der Waals surface area contributed by atoms with Crippen molar-refractivity contribution in [2.24, 2.45) is 0 Å². The first-order valence-corrected chi connectivity index (χ1v) is 8.29. The minimum Gasteiger partial charge on any atom is -0.488 e. The van der Waals surface area contributed by atoms with Gasteiger partial charge in [0.05, 0.1) is 0 Å². The summed E-state index contributed by atoms with van der Waals surface area (Å²) in [6.45, 7) is 4.40. The Kier molecular flexibility index (Phi) is 6.81. The molecular formula is C19H21F2N3O3. The van der Waals surface area contributed by atoms with Crippen molar-refractivity contribution in [1.82, 2.24) is 10.3 Å². The smallest absolute Gasteiger partial charge is 0.272 e. The van der Waals surface area contributed by atoms with Gasteiger partial charge in [-0.25, -0.2) is 13.8 Å². The molecule has 144 valence electrons. The lowest BCUT2D eigenvalue weighted by molar-refractivity contribution is -0.114. The Morgan fingerprint density at radius 3 is 2.56 bits per heavy atom. The maximum absolute atomic E-state index is 12.4. The largest absolute Gasteiger partial charge is 0.488 e. The molecule has 1 heterocycles. The molecule has 0 aliphatic heterocycles. The van der Waals surface area contributed by atoms with Crippen LogP contribution in [0.4, 0.5) is 14.6 Å². The molecular weight excluding hydrogens is 356 g/mol. The maximum atomic E-state index is 12.4. The molecule has 1 aromatic heterocycles. The van der Waals surface area contributed by atoms with Crippen LogP contribution in [0.25, 0.3) is 0 Å². The Bertz CT molecular complexity index is 841. The summed E-state index contributed by atoms with van der Waals surface area (Å²) in [5, 5.41) is 5.30. The molecule has 2 N–H and O–H groups in total. The summed E-state index contributed by atoms with van der Waals surface area (Å²) in [7, 11) is 0. The highest BCUT2D eigenvalue weighted by Gasteiger charge is 2.10.